The van der Waals surface area contributed by atoms with Crippen molar-refractivity contribution < 1.29 is 9.53 Å². The average Bonchev–Trinajstić information content (AvgIpc) is 3.05. The molecule has 0 saturated heterocycles. The summed E-state index contributed by atoms with van der Waals surface area (Å²) < 4.78 is 8.78. The van der Waals surface area contributed by atoms with Gasteiger partial charge in [0.05, 0.1) is 6.61 Å². The highest BCUT2D eigenvalue weighted by atomic mass is 127. The van der Waals surface area contributed by atoms with E-state index in [0.29, 0.717) is 6.61 Å². The molecule has 4 saturated carbocycles. The van der Waals surface area contributed by atoms with Crippen LogP contribution in [0.5, 0.6) is 0 Å². The quantitative estimate of drug-likeness (QED) is 0.386. The van der Waals surface area contributed by atoms with Crippen LogP contribution in [0, 0.1) is 23.2 Å². The van der Waals surface area contributed by atoms with Gasteiger partial charge in [-0.3, -0.25) is 0 Å². The molecular formula is C17H20IN5O3. The summed E-state index contributed by atoms with van der Waals surface area (Å²) in [6.45, 7) is 0.440. The molecule has 2 aromatic rings. The number of aryl methyl sites for hydroxylation is 1. The number of carbonyl (C=O) groups excluding carboxylic acids is 1. The summed E-state index contributed by atoms with van der Waals surface area (Å²) in [6, 6.07) is 0. The molecule has 0 N–H and O–H groups in total. The van der Waals surface area contributed by atoms with Crippen LogP contribution in [0.2, 0.25) is 0 Å². The molecule has 8 nitrogen and oxygen atoms in total. The molecule has 2 unspecified atom stereocenters. The summed E-state index contributed by atoms with van der Waals surface area (Å²) in [5.74, 6) is 1.81. The molecule has 0 aromatic carbocycles. The van der Waals surface area contributed by atoms with Crippen LogP contribution in [0.15, 0.2) is 11.1 Å². The first-order valence-electron chi connectivity index (χ1n) is 9.04. The zero-order valence-electron chi connectivity index (χ0n) is 14.5. The highest BCUT2D eigenvalue weighted by Crippen LogP contribution is 2.61. The van der Waals surface area contributed by atoms with Crippen LogP contribution < -0.4 is 5.69 Å². The number of hydrogen-bond donors (Lipinski definition) is 0. The van der Waals surface area contributed by atoms with Gasteiger partial charge in [0.2, 0.25) is 0 Å². The van der Waals surface area contributed by atoms with E-state index in [1.165, 1.54) is 37.0 Å². The van der Waals surface area contributed by atoms with Crippen molar-refractivity contribution in [1.82, 2.24) is 24.4 Å². The summed E-state index contributed by atoms with van der Waals surface area (Å²) in [4.78, 5) is 28.7. The van der Waals surface area contributed by atoms with E-state index < -0.39 is 11.7 Å². The van der Waals surface area contributed by atoms with Gasteiger partial charge in [-0.2, -0.15) is 4.68 Å². The normalized spacial score (nSPS) is 35.2. The van der Waals surface area contributed by atoms with Crippen molar-refractivity contribution in [2.75, 3.05) is 6.61 Å². The average molecular weight is 469 g/mol. The van der Waals surface area contributed by atoms with E-state index in [1.54, 1.807) is 0 Å². The van der Waals surface area contributed by atoms with Gasteiger partial charge >= 0.3 is 11.7 Å². The molecule has 6 rings (SSSR count). The minimum atomic E-state index is -0.517. The molecule has 0 aliphatic heterocycles. The highest BCUT2D eigenvalue weighted by Gasteiger charge is 2.55. The van der Waals surface area contributed by atoms with Crippen molar-refractivity contribution in [3.8, 4) is 0 Å². The number of carbonyl (C=O) groups is 1. The molecule has 26 heavy (non-hydrogen) atoms. The number of aromatic nitrogens is 5. The van der Waals surface area contributed by atoms with Gasteiger partial charge in [0.1, 0.15) is 6.33 Å². The molecule has 0 amide bonds. The van der Waals surface area contributed by atoms with Crippen molar-refractivity contribution in [3.63, 3.8) is 0 Å². The summed E-state index contributed by atoms with van der Waals surface area (Å²) in [6.07, 6.45) is 7.46. The molecular weight excluding hydrogens is 449 g/mol. The van der Waals surface area contributed by atoms with Gasteiger partial charge in [-0.05, 0) is 49.9 Å². The lowest BCUT2D eigenvalue weighted by Crippen LogP contribution is -2.53. The predicted molar refractivity (Wildman–Crippen MR) is 100 cm³/mol. The highest BCUT2D eigenvalue weighted by molar-refractivity contribution is 14.1. The van der Waals surface area contributed by atoms with Crippen LogP contribution in [0.25, 0.3) is 5.65 Å². The Labute approximate surface area is 163 Å². The lowest BCUT2D eigenvalue weighted by Gasteiger charge is -2.58. The van der Waals surface area contributed by atoms with Crippen molar-refractivity contribution >= 4 is 34.2 Å². The van der Waals surface area contributed by atoms with Crippen LogP contribution in [0.4, 0.5) is 0 Å². The lowest BCUT2D eigenvalue weighted by molar-refractivity contribution is -0.0781. The standard InChI is InChI=1S/C17H20IN5O3/c1-22-16(25)23-8-19-13(14(23)20-21-22)15(24)26-7-17-4-9-2-10(5-17)12(18)11(3-9)6-17/h8-12H,2-7H2,1H3. The second kappa shape index (κ2) is 5.74. The fourth-order valence-electron chi connectivity index (χ4n) is 5.62. The van der Waals surface area contributed by atoms with Crippen LogP contribution >= 0.6 is 22.6 Å². The maximum atomic E-state index is 12.6. The van der Waals surface area contributed by atoms with Crippen molar-refractivity contribution in [2.24, 2.45) is 30.2 Å². The molecule has 2 atom stereocenters. The molecule has 4 aliphatic rings. The SMILES string of the molecule is Cn1nnc2c(C(=O)OCC34CC5CC(C3)C(I)C(C5)C4)ncn2c1=O. The minimum Gasteiger partial charge on any atom is -0.460 e. The fraction of sp³-hybridized carbons (Fsp3) is 0.706. The molecule has 0 radical (unpaired) electrons. The van der Waals surface area contributed by atoms with Gasteiger partial charge in [-0.25, -0.2) is 19.0 Å². The molecule has 9 heteroatoms. The minimum absolute atomic E-state index is 0.0618. The van der Waals surface area contributed by atoms with Gasteiger partial charge in [0.25, 0.3) is 0 Å². The second-order valence-corrected chi connectivity index (χ2v) is 9.71. The Bertz CT molecular complexity index is 938. The molecule has 2 aromatic heterocycles. The molecule has 2 heterocycles. The molecule has 4 fully saturated rings. The zero-order valence-corrected chi connectivity index (χ0v) is 16.6. The summed E-state index contributed by atoms with van der Waals surface area (Å²) >= 11 is 2.63. The van der Waals surface area contributed by atoms with Gasteiger partial charge in [-0.15, -0.1) is 5.10 Å². The third-order valence-electron chi connectivity index (χ3n) is 6.49. The topological polar surface area (TPSA) is 91.4 Å². The fourth-order valence-corrected chi connectivity index (χ4v) is 6.72. The predicted octanol–water partition coefficient (Wildman–Crippen LogP) is 1.61. The zero-order chi connectivity index (χ0) is 18.1. The van der Waals surface area contributed by atoms with E-state index in [2.05, 4.69) is 37.9 Å². The van der Waals surface area contributed by atoms with Crippen molar-refractivity contribution in [2.45, 2.75) is 36.0 Å². The van der Waals surface area contributed by atoms with Gasteiger partial charge < -0.3 is 4.74 Å². The third-order valence-corrected chi connectivity index (χ3v) is 8.52. The van der Waals surface area contributed by atoms with E-state index in [-0.39, 0.29) is 16.8 Å². The summed E-state index contributed by atoms with van der Waals surface area (Å²) in [5, 5.41) is 7.65. The van der Waals surface area contributed by atoms with Gasteiger partial charge in [0, 0.05) is 16.4 Å². The number of imidazole rings is 1. The van der Waals surface area contributed by atoms with E-state index >= 15 is 0 Å². The first-order chi connectivity index (χ1) is 12.5. The van der Waals surface area contributed by atoms with Crippen molar-refractivity contribution in [1.29, 1.82) is 0 Å². The second-order valence-electron chi connectivity index (χ2n) is 8.27. The van der Waals surface area contributed by atoms with Crippen LogP contribution in [0.3, 0.4) is 0 Å². The molecule has 138 valence electrons. The molecule has 4 aliphatic carbocycles. The number of halogens is 1. The Balaban J connectivity index is 1.36. The first-order valence-corrected chi connectivity index (χ1v) is 10.3. The van der Waals surface area contributed by atoms with Crippen LogP contribution in [-0.4, -0.2) is 40.9 Å². The van der Waals surface area contributed by atoms with E-state index in [0.717, 1.165) is 39.2 Å². The monoisotopic (exact) mass is 469 g/mol. The number of rotatable bonds is 3. The maximum Gasteiger partial charge on any atom is 0.361 e. The van der Waals surface area contributed by atoms with Crippen LogP contribution in [-0.2, 0) is 11.8 Å². The number of esters is 1. The van der Waals surface area contributed by atoms with E-state index in [4.69, 9.17) is 4.74 Å². The number of nitrogens with zero attached hydrogens (tertiary/aromatic N) is 5. The summed E-state index contributed by atoms with van der Waals surface area (Å²) in [7, 11) is 1.50. The maximum absolute atomic E-state index is 12.6. The van der Waals surface area contributed by atoms with E-state index in [9.17, 15) is 9.59 Å². The Kier molecular flexibility index (Phi) is 3.67. The smallest absolute Gasteiger partial charge is 0.361 e. The van der Waals surface area contributed by atoms with E-state index in [1.807, 2.05) is 0 Å². The Hall–Kier alpha value is -1.52. The number of ether oxygens (including phenoxy) is 1. The van der Waals surface area contributed by atoms with Crippen molar-refractivity contribution in [3.05, 3.63) is 22.5 Å². The third kappa shape index (κ3) is 2.42. The number of fused-ring (bicyclic) bond motifs is 1. The number of alkyl halides is 1. The Morgan fingerprint density at radius 2 is 2.08 bits per heavy atom. The van der Waals surface area contributed by atoms with Gasteiger partial charge in [0.15, 0.2) is 11.3 Å². The first kappa shape index (κ1) is 16.6. The van der Waals surface area contributed by atoms with Gasteiger partial charge in [-0.1, -0.05) is 27.8 Å². The molecule has 4 bridgehead atoms. The van der Waals surface area contributed by atoms with Crippen LogP contribution in [0.1, 0.15) is 42.6 Å². The molecule has 0 spiro atoms. The Morgan fingerprint density at radius 1 is 1.35 bits per heavy atom. The number of hydrogen-bond acceptors (Lipinski definition) is 6. The summed E-state index contributed by atoms with van der Waals surface area (Å²) in [5.41, 5.74) is -0.0519. The lowest BCUT2D eigenvalue weighted by atomic mass is 9.50. The largest absolute Gasteiger partial charge is 0.460 e. The Morgan fingerprint density at radius 3 is 2.81 bits per heavy atom.